The minimum Gasteiger partial charge on any atom is -0.489 e. The van der Waals surface area contributed by atoms with Crippen molar-refractivity contribution < 1.29 is 9.66 Å². The highest BCUT2D eigenvalue weighted by atomic mass is 79.9. The van der Waals surface area contributed by atoms with Gasteiger partial charge in [0, 0.05) is 32.1 Å². The zero-order chi connectivity index (χ0) is 17.8. The molecule has 3 aromatic rings. The van der Waals surface area contributed by atoms with Crippen LogP contribution in [0.3, 0.4) is 0 Å². The average molecular weight is 401 g/mol. The van der Waals surface area contributed by atoms with Crippen molar-refractivity contribution >= 4 is 26.8 Å². The first-order valence-electron chi connectivity index (χ1n) is 7.81. The summed E-state index contributed by atoms with van der Waals surface area (Å²) < 4.78 is 6.59. The van der Waals surface area contributed by atoms with Gasteiger partial charge in [0.15, 0.2) is 0 Å². The molecule has 128 valence electrons. The fraction of sp³-hybridized carbons (Fsp3) is 0.158. The lowest BCUT2D eigenvalue weighted by molar-refractivity contribution is -0.481. The molecule has 0 spiro atoms. The number of rotatable bonds is 7. The van der Waals surface area contributed by atoms with Gasteiger partial charge in [-0.25, -0.2) is 0 Å². The third-order valence-corrected chi connectivity index (χ3v) is 4.53. The van der Waals surface area contributed by atoms with E-state index in [1.807, 2.05) is 48.7 Å². The number of para-hydroxylation sites is 1. The second kappa shape index (κ2) is 7.53. The van der Waals surface area contributed by atoms with Gasteiger partial charge in [0.1, 0.15) is 12.4 Å². The highest BCUT2D eigenvalue weighted by Gasteiger charge is 2.26. The van der Waals surface area contributed by atoms with Gasteiger partial charge in [0.2, 0.25) is 6.54 Å². The SMILES string of the molecule is C=CCOc1ccc(Br)cc1[C@@H](C[N+](=O)[O-])c1c[nH]c2ccccc12. The Labute approximate surface area is 153 Å². The molecule has 6 heteroatoms. The molecule has 0 radical (unpaired) electrons. The maximum atomic E-state index is 11.4. The average Bonchev–Trinajstić information content (AvgIpc) is 3.02. The molecule has 0 saturated heterocycles. The second-order valence-corrected chi connectivity index (χ2v) is 6.55. The molecule has 1 N–H and O–H groups in total. The van der Waals surface area contributed by atoms with Crippen LogP contribution in [0.5, 0.6) is 5.75 Å². The molecular weight excluding hydrogens is 384 g/mol. The number of H-pyrrole nitrogens is 1. The molecule has 1 atom stereocenters. The van der Waals surface area contributed by atoms with Gasteiger partial charge < -0.3 is 9.72 Å². The molecule has 0 unspecified atom stereocenters. The number of halogens is 1. The van der Waals surface area contributed by atoms with Crippen molar-refractivity contribution in [2.45, 2.75) is 5.92 Å². The van der Waals surface area contributed by atoms with Crippen molar-refractivity contribution in [1.29, 1.82) is 0 Å². The summed E-state index contributed by atoms with van der Waals surface area (Å²) in [5.74, 6) is 0.198. The van der Waals surface area contributed by atoms with Gasteiger partial charge in [-0.05, 0) is 29.8 Å². The van der Waals surface area contributed by atoms with Crippen LogP contribution < -0.4 is 4.74 Å². The molecule has 25 heavy (non-hydrogen) atoms. The van der Waals surface area contributed by atoms with Gasteiger partial charge >= 0.3 is 0 Å². The smallest absolute Gasteiger partial charge is 0.214 e. The number of aromatic nitrogens is 1. The molecule has 0 aliphatic heterocycles. The standard InChI is InChI=1S/C19H17BrN2O3/c1-2-9-25-19-8-7-13(20)10-15(19)17(12-22(23)24)16-11-21-18-6-4-3-5-14(16)18/h2-8,10-11,17,21H,1,9,12H2/t17-/m1/s1. The Hall–Kier alpha value is -2.60. The predicted molar refractivity (Wildman–Crippen MR) is 102 cm³/mol. The Balaban J connectivity index is 2.15. The van der Waals surface area contributed by atoms with E-state index >= 15 is 0 Å². The van der Waals surface area contributed by atoms with Crippen molar-refractivity contribution in [2.24, 2.45) is 0 Å². The number of ether oxygens (including phenoxy) is 1. The highest BCUT2D eigenvalue weighted by molar-refractivity contribution is 9.10. The van der Waals surface area contributed by atoms with E-state index in [1.54, 1.807) is 6.08 Å². The van der Waals surface area contributed by atoms with Crippen LogP contribution in [-0.4, -0.2) is 23.1 Å². The quantitative estimate of drug-likeness (QED) is 0.348. The number of benzene rings is 2. The molecule has 1 aromatic heterocycles. The fourth-order valence-corrected chi connectivity index (χ4v) is 3.35. The summed E-state index contributed by atoms with van der Waals surface area (Å²) >= 11 is 3.46. The van der Waals surface area contributed by atoms with E-state index in [0.717, 1.165) is 26.5 Å². The minimum absolute atomic E-state index is 0.219. The van der Waals surface area contributed by atoms with Gasteiger partial charge in [-0.2, -0.15) is 0 Å². The van der Waals surface area contributed by atoms with E-state index in [-0.39, 0.29) is 11.5 Å². The van der Waals surface area contributed by atoms with E-state index in [9.17, 15) is 10.1 Å². The summed E-state index contributed by atoms with van der Waals surface area (Å²) in [7, 11) is 0. The Bertz CT molecular complexity index is 920. The Morgan fingerprint density at radius 3 is 2.84 bits per heavy atom. The first kappa shape index (κ1) is 17.2. The minimum atomic E-state index is -0.427. The van der Waals surface area contributed by atoms with Crippen LogP contribution in [0.4, 0.5) is 0 Å². The first-order chi connectivity index (χ1) is 12.1. The molecule has 0 saturated carbocycles. The van der Waals surface area contributed by atoms with Crippen LogP contribution in [0.1, 0.15) is 17.0 Å². The molecule has 0 aliphatic rings. The van der Waals surface area contributed by atoms with E-state index in [0.29, 0.717) is 12.4 Å². The van der Waals surface area contributed by atoms with E-state index < -0.39 is 5.92 Å². The van der Waals surface area contributed by atoms with Crippen LogP contribution in [0.2, 0.25) is 0 Å². The predicted octanol–water partition coefficient (Wildman–Crippen LogP) is 4.90. The van der Waals surface area contributed by atoms with Crippen LogP contribution in [0.25, 0.3) is 10.9 Å². The van der Waals surface area contributed by atoms with Crippen LogP contribution in [0.15, 0.2) is 65.8 Å². The summed E-state index contributed by atoms with van der Waals surface area (Å²) in [5.41, 5.74) is 2.61. The molecule has 1 heterocycles. The Morgan fingerprint density at radius 2 is 2.08 bits per heavy atom. The zero-order valence-corrected chi connectivity index (χ0v) is 15.0. The van der Waals surface area contributed by atoms with Crippen LogP contribution in [0, 0.1) is 10.1 Å². The molecule has 0 aliphatic carbocycles. The summed E-state index contributed by atoms with van der Waals surface area (Å²) in [6.45, 7) is 3.78. The summed E-state index contributed by atoms with van der Waals surface area (Å²) in [4.78, 5) is 14.3. The molecule has 2 aromatic carbocycles. The van der Waals surface area contributed by atoms with Crippen molar-refractivity contribution in [1.82, 2.24) is 4.98 Å². The Morgan fingerprint density at radius 1 is 1.28 bits per heavy atom. The molecule has 3 rings (SSSR count). The van der Waals surface area contributed by atoms with Crippen molar-refractivity contribution in [3.63, 3.8) is 0 Å². The second-order valence-electron chi connectivity index (χ2n) is 5.64. The summed E-state index contributed by atoms with van der Waals surface area (Å²) in [6, 6.07) is 13.4. The number of fused-ring (bicyclic) bond motifs is 1. The lowest BCUT2D eigenvalue weighted by Gasteiger charge is -2.18. The normalized spacial score (nSPS) is 12.0. The first-order valence-corrected chi connectivity index (χ1v) is 8.60. The van der Waals surface area contributed by atoms with Gasteiger partial charge in [-0.3, -0.25) is 10.1 Å². The summed E-state index contributed by atoms with van der Waals surface area (Å²) in [6.07, 6.45) is 3.50. The maximum absolute atomic E-state index is 11.4. The van der Waals surface area contributed by atoms with E-state index in [4.69, 9.17) is 4.74 Å². The highest BCUT2D eigenvalue weighted by Crippen LogP contribution is 2.37. The van der Waals surface area contributed by atoms with Gasteiger partial charge in [-0.1, -0.05) is 46.8 Å². The largest absolute Gasteiger partial charge is 0.489 e. The Kier molecular flexibility index (Phi) is 5.19. The number of aromatic amines is 1. The van der Waals surface area contributed by atoms with Gasteiger partial charge in [0.05, 0.1) is 5.92 Å². The number of hydrogen-bond donors (Lipinski definition) is 1. The van der Waals surface area contributed by atoms with Crippen LogP contribution >= 0.6 is 15.9 Å². The number of nitro groups is 1. The third kappa shape index (κ3) is 3.74. The number of hydrogen-bond acceptors (Lipinski definition) is 3. The molecule has 5 nitrogen and oxygen atoms in total. The zero-order valence-electron chi connectivity index (χ0n) is 13.4. The van der Waals surface area contributed by atoms with E-state index in [1.165, 1.54) is 0 Å². The molecule has 0 fully saturated rings. The lowest BCUT2D eigenvalue weighted by Crippen LogP contribution is -2.15. The lowest BCUT2D eigenvalue weighted by atomic mass is 9.90. The topological polar surface area (TPSA) is 68.2 Å². The van der Waals surface area contributed by atoms with Crippen molar-refractivity contribution in [2.75, 3.05) is 13.2 Å². The monoisotopic (exact) mass is 400 g/mol. The summed E-state index contributed by atoms with van der Waals surface area (Å²) in [5, 5.41) is 12.3. The molecule has 0 amide bonds. The number of nitrogens with one attached hydrogen (secondary N) is 1. The van der Waals surface area contributed by atoms with Crippen molar-refractivity contribution in [3.8, 4) is 5.75 Å². The maximum Gasteiger partial charge on any atom is 0.214 e. The molecular formula is C19H17BrN2O3. The fourth-order valence-electron chi connectivity index (χ4n) is 2.97. The van der Waals surface area contributed by atoms with Gasteiger partial charge in [0.25, 0.3) is 0 Å². The van der Waals surface area contributed by atoms with Crippen LogP contribution in [-0.2, 0) is 0 Å². The number of nitrogens with zero attached hydrogens (tertiary/aromatic N) is 1. The van der Waals surface area contributed by atoms with E-state index in [2.05, 4.69) is 27.5 Å². The third-order valence-electron chi connectivity index (χ3n) is 4.03. The molecule has 0 bridgehead atoms. The van der Waals surface area contributed by atoms with Crippen molar-refractivity contribution in [3.05, 3.63) is 87.0 Å². The van der Waals surface area contributed by atoms with Gasteiger partial charge in [-0.15, -0.1) is 0 Å².